The van der Waals surface area contributed by atoms with E-state index in [0.717, 1.165) is 12.2 Å². The third kappa shape index (κ3) is 5.57. The van der Waals surface area contributed by atoms with Crippen molar-refractivity contribution >= 4 is 34.0 Å². The van der Waals surface area contributed by atoms with Crippen LogP contribution in [0, 0.1) is 5.92 Å². The van der Waals surface area contributed by atoms with Crippen LogP contribution in [-0.4, -0.2) is 27.6 Å². The van der Waals surface area contributed by atoms with Gasteiger partial charge in [0.05, 0.1) is 11.4 Å². The molecule has 2 aromatic heterocycles. The van der Waals surface area contributed by atoms with Crippen LogP contribution in [0.5, 0.6) is 0 Å². The second-order valence-corrected chi connectivity index (χ2v) is 8.51. The van der Waals surface area contributed by atoms with E-state index in [-0.39, 0.29) is 11.5 Å². The number of thioether (sulfide) groups is 1. The normalized spacial score (nSPS) is 16.5. The maximum absolute atomic E-state index is 12.1. The maximum atomic E-state index is 12.1. The first-order valence-electron chi connectivity index (χ1n) is 9.02. The number of nitrogens with zero attached hydrogens (tertiary/aromatic N) is 2. The summed E-state index contributed by atoms with van der Waals surface area (Å²) in [6.45, 7) is 0.806. The molecule has 136 valence electrons. The minimum absolute atomic E-state index is 0.0596. The molecule has 0 atom stereocenters. The van der Waals surface area contributed by atoms with E-state index in [0.29, 0.717) is 22.4 Å². The van der Waals surface area contributed by atoms with Crippen molar-refractivity contribution in [1.82, 2.24) is 14.7 Å². The number of carbonyl (C=O) groups is 1. The fourth-order valence-electron chi connectivity index (χ4n) is 3.26. The third-order valence-corrected chi connectivity index (χ3v) is 6.37. The van der Waals surface area contributed by atoms with Gasteiger partial charge in [-0.1, -0.05) is 32.1 Å². The van der Waals surface area contributed by atoms with Gasteiger partial charge in [-0.25, -0.2) is 4.98 Å². The summed E-state index contributed by atoms with van der Waals surface area (Å²) in [7, 11) is 0. The lowest BCUT2D eigenvalue weighted by molar-refractivity contribution is -0.118. The van der Waals surface area contributed by atoms with Crippen LogP contribution in [0.15, 0.2) is 22.4 Å². The summed E-state index contributed by atoms with van der Waals surface area (Å²) in [6.07, 6.45) is 10.8. The summed E-state index contributed by atoms with van der Waals surface area (Å²) in [5.41, 5.74) is 0.681. The number of hydrogen-bond donors (Lipinski definition) is 1. The van der Waals surface area contributed by atoms with E-state index in [1.54, 1.807) is 16.7 Å². The lowest BCUT2D eigenvalue weighted by Gasteiger charge is -2.19. The van der Waals surface area contributed by atoms with Gasteiger partial charge in [0.15, 0.2) is 4.96 Å². The molecule has 0 unspecified atom stereocenters. The molecule has 0 radical (unpaired) electrons. The van der Waals surface area contributed by atoms with Gasteiger partial charge in [-0.15, -0.1) is 23.1 Å². The second kappa shape index (κ2) is 9.38. The summed E-state index contributed by atoms with van der Waals surface area (Å²) in [6, 6.07) is 1.55. The van der Waals surface area contributed by atoms with Crippen LogP contribution < -0.4 is 10.9 Å². The van der Waals surface area contributed by atoms with Crippen LogP contribution in [0.25, 0.3) is 4.96 Å². The predicted molar refractivity (Wildman–Crippen MR) is 104 cm³/mol. The fourth-order valence-corrected chi connectivity index (χ4v) is 4.75. The van der Waals surface area contributed by atoms with E-state index < -0.39 is 0 Å². The van der Waals surface area contributed by atoms with Crippen molar-refractivity contribution in [1.29, 1.82) is 0 Å². The number of thiazole rings is 1. The highest BCUT2D eigenvalue weighted by Crippen LogP contribution is 2.21. The average Bonchev–Trinajstić information content (AvgIpc) is 3.03. The Bertz CT molecular complexity index is 748. The maximum Gasteiger partial charge on any atom is 0.258 e. The van der Waals surface area contributed by atoms with E-state index in [4.69, 9.17) is 0 Å². The molecule has 3 rings (SSSR count). The molecule has 5 nitrogen and oxygen atoms in total. The molecule has 0 spiro atoms. The quantitative estimate of drug-likeness (QED) is 0.835. The standard InChI is InChI=1S/C18H25N3O2S2/c22-16(19-11-14-6-4-2-1-3-5-7-14)13-24-12-15-10-17(23)21-8-9-25-18(21)20-15/h8-10,14H,1-7,11-13H2,(H,19,22). The summed E-state index contributed by atoms with van der Waals surface area (Å²) in [5, 5.41) is 4.93. The molecule has 0 bridgehead atoms. The molecular weight excluding hydrogens is 354 g/mol. The van der Waals surface area contributed by atoms with E-state index in [9.17, 15) is 9.59 Å². The van der Waals surface area contributed by atoms with Gasteiger partial charge in [-0.05, 0) is 18.8 Å². The monoisotopic (exact) mass is 379 g/mol. The molecule has 25 heavy (non-hydrogen) atoms. The largest absolute Gasteiger partial charge is 0.355 e. The van der Waals surface area contributed by atoms with Gasteiger partial charge >= 0.3 is 0 Å². The molecule has 1 amide bonds. The smallest absolute Gasteiger partial charge is 0.258 e. The number of hydrogen-bond acceptors (Lipinski definition) is 5. The minimum Gasteiger partial charge on any atom is -0.355 e. The lowest BCUT2D eigenvalue weighted by Crippen LogP contribution is -2.31. The Kier molecular flexibility index (Phi) is 6.93. The number of fused-ring (bicyclic) bond motifs is 1. The molecule has 1 aliphatic carbocycles. The molecule has 0 aliphatic heterocycles. The average molecular weight is 380 g/mol. The number of amides is 1. The molecule has 2 aromatic rings. The lowest BCUT2D eigenvalue weighted by atomic mass is 9.91. The Morgan fingerprint density at radius 1 is 1.28 bits per heavy atom. The van der Waals surface area contributed by atoms with Gasteiger partial charge < -0.3 is 5.32 Å². The van der Waals surface area contributed by atoms with Crippen LogP contribution in [-0.2, 0) is 10.5 Å². The van der Waals surface area contributed by atoms with Crippen molar-refractivity contribution in [3.63, 3.8) is 0 Å². The summed E-state index contributed by atoms with van der Waals surface area (Å²) in [5.74, 6) is 1.72. The van der Waals surface area contributed by atoms with Crippen LogP contribution in [0.1, 0.15) is 50.6 Å². The van der Waals surface area contributed by atoms with Crippen LogP contribution in [0.4, 0.5) is 0 Å². The van der Waals surface area contributed by atoms with Crippen molar-refractivity contribution in [2.75, 3.05) is 12.3 Å². The molecule has 1 N–H and O–H groups in total. The number of nitrogens with one attached hydrogen (secondary N) is 1. The molecular formula is C18H25N3O2S2. The summed E-state index contributed by atoms with van der Waals surface area (Å²) < 4.78 is 1.54. The summed E-state index contributed by atoms with van der Waals surface area (Å²) >= 11 is 2.96. The topological polar surface area (TPSA) is 63.5 Å². The van der Waals surface area contributed by atoms with Crippen molar-refractivity contribution in [3.8, 4) is 0 Å². The Morgan fingerprint density at radius 3 is 2.84 bits per heavy atom. The van der Waals surface area contributed by atoms with Gasteiger partial charge in [0.2, 0.25) is 5.91 Å². The first kappa shape index (κ1) is 18.5. The van der Waals surface area contributed by atoms with Crippen molar-refractivity contribution in [3.05, 3.63) is 33.7 Å². The number of carbonyl (C=O) groups excluding carboxylic acids is 1. The van der Waals surface area contributed by atoms with Crippen molar-refractivity contribution in [2.24, 2.45) is 5.92 Å². The van der Waals surface area contributed by atoms with E-state index in [1.807, 2.05) is 5.38 Å². The molecule has 0 aromatic carbocycles. The Labute approximate surface area is 156 Å². The molecule has 0 saturated heterocycles. The fraction of sp³-hybridized carbons (Fsp3) is 0.611. The van der Waals surface area contributed by atoms with E-state index >= 15 is 0 Å². The Hall–Kier alpha value is -1.34. The number of rotatable bonds is 6. The zero-order valence-electron chi connectivity index (χ0n) is 14.4. The first-order valence-corrected chi connectivity index (χ1v) is 11.1. The SMILES string of the molecule is O=C(CSCc1cc(=O)n2ccsc2n1)NCC1CCCCCCC1. The van der Waals surface area contributed by atoms with Crippen LogP contribution in [0.3, 0.4) is 0 Å². The van der Waals surface area contributed by atoms with Gasteiger partial charge in [0.25, 0.3) is 5.56 Å². The zero-order valence-corrected chi connectivity index (χ0v) is 16.0. The van der Waals surface area contributed by atoms with E-state index in [2.05, 4.69) is 10.3 Å². The molecule has 1 aliphatic rings. The Balaban J connectivity index is 1.40. The highest BCUT2D eigenvalue weighted by molar-refractivity contribution is 7.99. The van der Waals surface area contributed by atoms with Crippen LogP contribution >= 0.6 is 23.1 Å². The first-order chi connectivity index (χ1) is 12.2. The molecule has 7 heteroatoms. The molecule has 1 saturated carbocycles. The minimum atomic E-state index is -0.0596. The summed E-state index contributed by atoms with van der Waals surface area (Å²) in [4.78, 5) is 29.1. The zero-order chi connectivity index (χ0) is 17.5. The second-order valence-electron chi connectivity index (χ2n) is 6.65. The predicted octanol–water partition coefficient (Wildman–Crippen LogP) is 3.47. The van der Waals surface area contributed by atoms with Crippen molar-refractivity contribution < 1.29 is 4.79 Å². The van der Waals surface area contributed by atoms with Gasteiger partial charge in [0, 0.05) is 29.9 Å². The van der Waals surface area contributed by atoms with E-state index in [1.165, 1.54) is 68.0 Å². The third-order valence-electron chi connectivity index (χ3n) is 4.65. The highest BCUT2D eigenvalue weighted by Gasteiger charge is 2.13. The molecule has 1 fully saturated rings. The van der Waals surface area contributed by atoms with Crippen LogP contribution in [0.2, 0.25) is 0 Å². The van der Waals surface area contributed by atoms with Gasteiger partial charge in [-0.2, -0.15) is 0 Å². The number of aromatic nitrogens is 2. The van der Waals surface area contributed by atoms with Gasteiger partial charge in [-0.3, -0.25) is 14.0 Å². The van der Waals surface area contributed by atoms with Crippen molar-refractivity contribution in [2.45, 2.75) is 50.7 Å². The Morgan fingerprint density at radius 2 is 2.04 bits per heavy atom. The van der Waals surface area contributed by atoms with Gasteiger partial charge in [0.1, 0.15) is 0 Å². The molecule has 2 heterocycles. The highest BCUT2D eigenvalue weighted by atomic mass is 32.2.